The van der Waals surface area contributed by atoms with E-state index in [1.165, 1.54) is 0 Å². The van der Waals surface area contributed by atoms with E-state index in [1.807, 2.05) is 36.4 Å². The first kappa shape index (κ1) is 24.5. The first-order valence-electron chi connectivity index (χ1n) is 10.1. The second-order valence-electron chi connectivity index (χ2n) is 8.75. The maximum atomic E-state index is 6.53. The topological polar surface area (TPSA) is 72.2 Å². The number of anilines is 1. The third-order valence-corrected chi connectivity index (χ3v) is 10.0. The molecule has 0 saturated carbocycles. The van der Waals surface area contributed by atoms with Crippen molar-refractivity contribution in [1.82, 2.24) is 0 Å². The molecule has 2 aromatic carbocycles. The Kier molecular flexibility index (Phi) is 7.54. The zero-order valence-corrected chi connectivity index (χ0v) is 21.1. The molecule has 0 amide bonds. The van der Waals surface area contributed by atoms with E-state index in [4.69, 9.17) is 29.1 Å². The van der Waals surface area contributed by atoms with Crippen LogP contribution < -0.4 is 29.1 Å². The van der Waals surface area contributed by atoms with E-state index in [0.717, 1.165) is 11.1 Å². The molecule has 0 aliphatic rings. The lowest BCUT2D eigenvalue weighted by Crippen LogP contribution is -2.44. The van der Waals surface area contributed by atoms with Crippen molar-refractivity contribution >= 4 is 26.2 Å². The predicted octanol–water partition coefficient (Wildman–Crippen LogP) is 5.86. The number of hydrogen-bond donors (Lipinski definition) is 1. The molecule has 0 heterocycles. The van der Waals surface area contributed by atoms with Gasteiger partial charge in [0, 0.05) is 5.56 Å². The van der Waals surface area contributed by atoms with Gasteiger partial charge < -0.3 is 29.1 Å². The van der Waals surface area contributed by atoms with Crippen LogP contribution in [-0.2, 0) is 0 Å². The monoisotopic (exact) mass is 445 g/mol. The van der Waals surface area contributed by atoms with Gasteiger partial charge in [-0.25, -0.2) is 0 Å². The smallest absolute Gasteiger partial charge is 0.250 e. The molecule has 170 valence electrons. The van der Waals surface area contributed by atoms with E-state index < -0.39 is 8.32 Å². The minimum Gasteiger partial charge on any atom is -0.540 e. The Balaban J connectivity index is 2.48. The van der Waals surface area contributed by atoms with Crippen LogP contribution in [0.2, 0.25) is 18.1 Å². The molecule has 7 heteroatoms. The lowest BCUT2D eigenvalue weighted by atomic mass is 10.1. The van der Waals surface area contributed by atoms with Crippen molar-refractivity contribution < 1.29 is 23.4 Å². The summed E-state index contributed by atoms with van der Waals surface area (Å²) in [4.78, 5) is 0. The summed E-state index contributed by atoms with van der Waals surface area (Å²) in [5, 5.41) is 0.0342. The van der Waals surface area contributed by atoms with Gasteiger partial charge in [0.2, 0.25) is 5.75 Å². The second kappa shape index (κ2) is 9.56. The van der Waals surface area contributed by atoms with Crippen LogP contribution in [0.3, 0.4) is 0 Å². The van der Waals surface area contributed by atoms with Crippen molar-refractivity contribution in [2.75, 3.05) is 34.2 Å². The molecule has 0 aliphatic carbocycles. The maximum Gasteiger partial charge on any atom is 0.250 e. The van der Waals surface area contributed by atoms with Crippen LogP contribution in [0.15, 0.2) is 24.3 Å². The highest BCUT2D eigenvalue weighted by Gasteiger charge is 2.40. The van der Waals surface area contributed by atoms with E-state index in [0.29, 0.717) is 34.4 Å². The fourth-order valence-electron chi connectivity index (χ4n) is 2.80. The van der Waals surface area contributed by atoms with Crippen LogP contribution in [0.4, 0.5) is 5.69 Å². The molecule has 0 saturated heterocycles. The molecule has 0 spiro atoms. The van der Waals surface area contributed by atoms with Crippen molar-refractivity contribution in [2.24, 2.45) is 0 Å². The summed E-state index contributed by atoms with van der Waals surface area (Å²) in [6.07, 6.45) is 3.88. The summed E-state index contributed by atoms with van der Waals surface area (Å²) in [6.45, 7) is 10.9. The molecule has 0 radical (unpaired) electrons. The van der Waals surface area contributed by atoms with Gasteiger partial charge in [-0.15, -0.1) is 0 Å². The van der Waals surface area contributed by atoms with E-state index in [9.17, 15) is 0 Å². The van der Waals surface area contributed by atoms with Gasteiger partial charge in [-0.2, -0.15) is 0 Å². The van der Waals surface area contributed by atoms with Gasteiger partial charge in [0.25, 0.3) is 8.32 Å². The summed E-state index contributed by atoms with van der Waals surface area (Å²) in [5.74, 6) is 2.96. The van der Waals surface area contributed by atoms with Crippen LogP contribution in [0, 0.1) is 0 Å². The molecule has 0 aromatic heterocycles. The Morgan fingerprint density at radius 1 is 0.774 bits per heavy atom. The minimum absolute atomic E-state index is 0.0342. The Hall–Kier alpha value is -2.80. The zero-order chi connectivity index (χ0) is 23.4. The quantitative estimate of drug-likeness (QED) is 0.312. The number of hydrogen-bond acceptors (Lipinski definition) is 6. The summed E-state index contributed by atoms with van der Waals surface area (Å²) in [6, 6.07) is 7.56. The number of ether oxygens (including phenoxy) is 4. The standard InChI is InChI=1S/C24H35NO5Si/c1-24(2,3)31(8,9)30-23-18(26-4)13-12-17(21(23)25)11-10-16-14-19(27-5)22(29-7)20(15-16)28-6/h10-15H,25H2,1-9H3/b11-10-. The molecule has 31 heavy (non-hydrogen) atoms. The second-order valence-corrected chi connectivity index (χ2v) is 13.5. The number of nitrogen functional groups attached to an aromatic ring is 1. The van der Waals surface area contributed by atoms with Crippen molar-refractivity contribution in [1.29, 1.82) is 0 Å². The number of benzene rings is 2. The largest absolute Gasteiger partial charge is 0.540 e. The van der Waals surface area contributed by atoms with Gasteiger partial charge in [-0.1, -0.05) is 32.9 Å². The van der Waals surface area contributed by atoms with E-state index in [2.05, 4.69) is 33.9 Å². The first-order chi connectivity index (χ1) is 14.5. The van der Waals surface area contributed by atoms with Crippen molar-refractivity contribution in [2.45, 2.75) is 38.9 Å². The van der Waals surface area contributed by atoms with Crippen LogP contribution in [0.1, 0.15) is 31.9 Å². The third-order valence-electron chi connectivity index (χ3n) is 5.72. The van der Waals surface area contributed by atoms with Crippen LogP contribution in [0.5, 0.6) is 28.7 Å². The van der Waals surface area contributed by atoms with Gasteiger partial charge in [-0.05, 0) is 48.0 Å². The molecule has 0 unspecified atom stereocenters. The van der Waals surface area contributed by atoms with Gasteiger partial charge in [0.15, 0.2) is 23.0 Å². The Bertz CT molecular complexity index is 923. The van der Waals surface area contributed by atoms with Crippen LogP contribution >= 0.6 is 0 Å². The summed E-state index contributed by atoms with van der Waals surface area (Å²) in [5.41, 5.74) is 8.80. The highest BCUT2D eigenvalue weighted by molar-refractivity contribution is 6.74. The average molecular weight is 446 g/mol. The summed E-state index contributed by atoms with van der Waals surface area (Å²) in [7, 11) is 4.29. The number of rotatable bonds is 8. The molecule has 2 aromatic rings. The predicted molar refractivity (Wildman–Crippen MR) is 130 cm³/mol. The number of methoxy groups -OCH3 is 4. The zero-order valence-electron chi connectivity index (χ0n) is 20.1. The lowest BCUT2D eigenvalue weighted by Gasteiger charge is -2.37. The normalized spacial score (nSPS) is 12.0. The van der Waals surface area contributed by atoms with Crippen molar-refractivity contribution in [3.8, 4) is 28.7 Å². The fourth-order valence-corrected chi connectivity index (χ4v) is 3.82. The molecule has 6 nitrogen and oxygen atoms in total. The average Bonchev–Trinajstić information content (AvgIpc) is 2.72. The molecule has 0 aliphatic heterocycles. The van der Waals surface area contributed by atoms with Crippen molar-refractivity contribution in [3.63, 3.8) is 0 Å². The Labute approximate surface area is 187 Å². The van der Waals surface area contributed by atoms with Gasteiger partial charge >= 0.3 is 0 Å². The first-order valence-corrected chi connectivity index (χ1v) is 13.0. The van der Waals surface area contributed by atoms with E-state index in [-0.39, 0.29) is 5.04 Å². The van der Waals surface area contributed by atoms with E-state index in [1.54, 1.807) is 28.4 Å². The molecule has 2 N–H and O–H groups in total. The minimum atomic E-state index is -2.10. The summed E-state index contributed by atoms with van der Waals surface area (Å²) < 4.78 is 28.3. The SMILES string of the molecule is COc1cc(/C=C\c2ccc(OC)c(O[Si](C)(C)C(C)(C)C)c2N)cc(OC)c1OC. The van der Waals surface area contributed by atoms with E-state index >= 15 is 0 Å². The summed E-state index contributed by atoms with van der Waals surface area (Å²) >= 11 is 0. The van der Waals surface area contributed by atoms with Crippen LogP contribution in [-0.4, -0.2) is 36.8 Å². The molecule has 0 atom stereocenters. The molecular weight excluding hydrogens is 410 g/mol. The fraction of sp³-hybridized carbons (Fsp3) is 0.417. The molecule has 0 bridgehead atoms. The number of nitrogens with two attached hydrogens (primary N) is 1. The Morgan fingerprint density at radius 3 is 1.77 bits per heavy atom. The van der Waals surface area contributed by atoms with Gasteiger partial charge in [0.1, 0.15) is 0 Å². The molecule has 2 rings (SSSR count). The third kappa shape index (κ3) is 5.28. The van der Waals surface area contributed by atoms with Crippen molar-refractivity contribution in [3.05, 3.63) is 35.4 Å². The lowest BCUT2D eigenvalue weighted by molar-refractivity contribution is 0.324. The highest BCUT2D eigenvalue weighted by atomic mass is 28.4. The van der Waals surface area contributed by atoms with Gasteiger partial charge in [-0.3, -0.25) is 0 Å². The van der Waals surface area contributed by atoms with Crippen LogP contribution in [0.25, 0.3) is 12.2 Å². The van der Waals surface area contributed by atoms with Gasteiger partial charge in [0.05, 0.1) is 34.1 Å². The highest BCUT2D eigenvalue weighted by Crippen LogP contribution is 2.44. The molecular formula is C24H35NO5Si. The Morgan fingerprint density at radius 2 is 1.32 bits per heavy atom. The molecule has 0 fully saturated rings. The maximum absolute atomic E-state index is 6.53.